The maximum Gasteiger partial charge on any atom is 0.287 e. The van der Waals surface area contributed by atoms with E-state index in [1.165, 1.54) is 6.42 Å². The molecule has 2 saturated carbocycles. The van der Waals surface area contributed by atoms with E-state index in [1.807, 2.05) is 6.92 Å². The first kappa shape index (κ1) is 13.2. The molecule has 2 N–H and O–H groups in total. The molecule has 1 aromatic rings. The number of aliphatic hydroxyl groups is 1. The van der Waals surface area contributed by atoms with Crippen LogP contribution in [-0.2, 0) is 0 Å². The third kappa shape index (κ3) is 2.23. The molecule has 0 aliphatic heterocycles. The lowest BCUT2D eigenvalue weighted by Crippen LogP contribution is -2.45. The Hall–Kier alpha value is -0.810. The van der Waals surface area contributed by atoms with Crippen LogP contribution in [0.2, 0.25) is 0 Å². The van der Waals surface area contributed by atoms with Crippen molar-refractivity contribution in [3.05, 3.63) is 22.1 Å². The van der Waals surface area contributed by atoms with Crippen LogP contribution < -0.4 is 5.32 Å². The van der Waals surface area contributed by atoms with Gasteiger partial charge < -0.3 is 14.8 Å². The van der Waals surface area contributed by atoms with Crippen molar-refractivity contribution in [3.63, 3.8) is 0 Å². The zero-order valence-corrected chi connectivity index (χ0v) is 12.4. The molecule has 3 rings (SSSR count). The number of amides is 1. The monoisotopic (exact) mass is 327 g/mol. The normalized spacial score (nSPS) is 32.8. The Labute approximate surface area is 120 Å². The predicted octanol–water partition coefficient (Wildman–Crippen LogP) is 2.49. The van der Waals surface area contributed by atoms with E-state index in [9.17, 15) is 9.90 Å². The Bertz CT molecular complexity index is 499. The third-order valence-electron chi connectivity index (χ3n) is 4.69. The van der Waals surface area contributed by atoms with Gasteiger partial charge in [0.25, 0.3) is 5.91 Å². The van der Waals surface area contributed by atoms with Crippen LogP contribution in [0.5, 0.6) is 0 Å². The Balaban J connectivity index is 1.74. The maximum atomic E-state index is 12.3. The number of carbonyl (C=O) groups is 1. The van der Waals surface area contributed by atoms with Gasteiger partial charge in [-0.15, -0.1) is 0 Å². The molecule has 2 fully saturated rings. The highest BCUT2D eigenvalue weighted by molar-refractivity contribution is 9.10. The van der Waals surface area contributed by atoms with Crippen molar-refractivity contribution in [2.75, 3.05) is 6.61 Å². The lowest BCUT2D eigenvalue weighted by atomic mass is 9.85. The van der Waals surface area contributed by atoms with Crippen molar-refractivity contribution >= 4 is 21.8 Å². The van der Waals surface area contributed by atoms with E-state index in [0.717, 1.165) is 18.4 Å². The van der Waals surface area contributed by atoms with Gasteiger partial charge in [-0.25, -0.2) is 0 Å². The third-order valence-corrected chi connectivity index (χ3v) is 5.08. The number of aliphatic hydroxyl groups excluding tert-OH is 1. The lowest BCUT2D eigenvalue weighted by Gasteiger charge is -2.30. The van der Waals surface area contributed by atoms with Gasteiger partial charge >= 0.3 is 0 Å². The first-order chi connectivity index (χ1) is 9.10. The number of hydrogen-bond acceptors (Lipinski definition) is 3. The summed E-state index contributed by atoms with van der Waals surface area (Å²) in [4.78, 5) is 12.3. The Morgan fingerprint density at radius 1 is 1.53 bits per heavy atom. The van der Waals surface area contributed by atoms with Crippen LogP contribution >= 0.6 is 15.9 Å². The van der Waals surface area contributed by atoms with E-state index in [2.05, 4.69) is 21.2 Å². The van der Waals surface area contributed by atoms with Crippen LogP contribution in [0.4, 0.5) is 0 Å². The van der Waals surface area contributed by atoms with Crippen LogP contribution in [0.1, 0.15) is 35.4 Å². The zero-order valence-electron chi connectivity index (χ0n) is 10.9. The molecule has 1 amide bonds. The molecule has 104 valence electrons. The van der Waals surface area contributed by atoms with Gasteiger partial charge in [0.2, 0.25) is 0 Å². The highest BCUT2D eigenvalue weighted by atomic mass is 79.9. The van der Waals surface area contributed by atoms with Crippen LogP contribution in [0.3, 0.4) is 0 Å². The number of hydrogen-bond donors (Lipinski definition) is 2. The molecule has 0 radical (unpaired) electrons. The molecular formula is C14H18BrNO3. The second kappa shape index (κ2) is 4.94. The van der Waals surface area contributed by atoms with E-state index in [0.29, 0.717) is 22.3 Å². The summed E-state index contributed by atoms with van der Waals surface area (Å²) >= 11 is 3.24. The second-order valence-corrected chi connectivity index (χ2v) is 6.52. The molecule has 5 heteroatoms. The summed E-state index contributed by atoms with van der Waals surface area (Å²) in [5.41, 5.74) is 0.827. The van der Waals surface area contributed by atoms with Crippen LogP contribution in [0.15, 0.2) is 15.2 Å². The highest BCUT2D eigenvalue weighted by Crippen LogP contribution is 2.48. The number of halogens is 1. The Morgan fingerprint density at radius 2 is 2.26 bits per heavy atom. The number of furan rings is 1. The smallest absolute Gasteiger partial charge is 0.287 e. The molecule has 1 aromatic heterocycles. The topological polar surface area (TPSA) is 62.5 Å². The molecule has 2 aliphatic carbocycles. The van der Waals surface area contributed by atoms with Crippen molar-refractivity contribution in [2.45, 2.75) is 32.2 Å². The van der Waals surface area contributed by atoms with E-state index < -0.39 is 0 Å². The summed E-state index contributed by atoms with van der Waals surface area (Å²) in [6, 6.07) is 1.89. The minimum atomic E-state index is -0.167. The van der Waals surface area contributed by atoms with Crippen molar-refractivity contribution in [2.24, 2.45) is 17.8 Å². The summed E-state index contributed by atoms with van der Waals surface area (Å²) in [7, 11) is 0. The number of nitrogens with one attached hydrogen (secondary N) is 1. The van der Waals surface area contributed by atoms with Gasteiger partial charge in [-0.2, -0.15) is 0 Å². The molecular weight excluding hydrogens is 310 g/mol. The molecule has 2 bridgehead atoms. The average molecular weight is 328 g/mol. The van der Waals surface area contributed by atoms with Crippen LogP contribution in [0, 0.1) is 24.7 Å². The van der Waals surface area contributed by atoms with Crippen LogP contribution in [-0.4, -0.2) is 23.7 Å². The van der Waals surface area contributed by atoms with Crippen molar-refractivity contribution in [3.8, 4) is 0 Å². The van der Waals surface area contributed by atoms with Gasteiger partial charge in [-0.3, -0.25) is 4.79 Å². The van der Waals surface area contributed by atoms with Crippen molar-refractivity contribution in [1.82, 2.24) is 5.32 Å². The highest BCUT2D eigenvalue weighted by Gasteiger charge is 2.47. The Morgan fingerprint density at radius 3 is 2.89 bits per heavy atom. The van der Waals surface area contributed by atoms with Gasteiger partial charge in [0, 0.05) is 24.1 Å². The molecule has 0 unspecified atom stereocenters. The molecule has 0 aromatic carbocycles. The second-order valence-electron chi connectivity index (χ2n) is 5.74. The maximum absolute atomic E-state index is 12.3. The summed E-state index contributed by atoms with van der Waals surface area (Å²) < 4.78 is 5.95. The Kier molecular flexibility index (Phi) is 3.43. The number of rotatable bonds is 3. The summed E-state index contributed by atoms with van der Waals surface area (Å²) in [5, 5.41) is 12.6. The fraction of sp³-hybridized carbons (Fsp3) is 0.643. The largest absolute Gasteiger partial charge is 0.444 e. The number of aryl methyl sites for hydroxylation is 1. The SMILES string of the molecule is Cc1cc(Br)oc1C(=O)N[C@H]1[C@H]2CC[C@@H](C2)[C@H]1CO. The standard InChI is InChI=1S/C14H18BrNO3/c1-7-4-11(15)19-13(7)14(18)16-12-9-3-2-8(5-9)10(12)6-17/h4,8-10,12,17H,2-3,5-6H2,1H3,(H,16,18)/t8-,9-,10+,12-/m0/s1. The quantitative estimate of drug-likeness (QED) is 0.896. The first-order valence-corrected chi connectivity index (χ1v) is 7.57. The van der Waals surface area contributed by atoms with Gasteiger partial charge in [-0.05, 0) is 60.0 Å². The summed E-state index contributed by atoms with van der Waals surface area (Å²) in [6.45, 7) is 2.01. The predicted molar refractivity (Wildman–Crippen MR) is 73.8 cm³/mol. The molecule has 2 aliphatic rings. The minimum absolute atomic E-state index is 0.0968. The van der Waals surface area contributed by atoms with E-state index in [-0.39, 0.29) is 24.5 Å². The summed E-state index contributed by atoms with van der Waals surface area (Å²) in [5.74, 6) is 1.50. The van der Waals surface area contributed by atoms with Gasteiger partial charge in [0.15, 0.2) is 10.4 Å². The molecule has 0 saturated heterocycles. The zero-order chi connectivity index (χ0) is 13.6. The van der Waals surface area contributed by atoms with Gasteiger partial charge in [-0.1, -0.05) is 0 Å². The molecule has 1 heterocycles. The molecule has 19 heavy (non-hydrogen) atoms. The van der Waals surface area contributed by atoms with Gasteiger partial charge in [0.1, 0.15) is 0 Å². The van der Waals surface area contributed by atoms with Crippen molar-refractivity contribution in [1.29, 1.82) is 0 Å². The molecule has 0 spiro atoms. The molecule has 4 atom stereocenters. The fourth-order valence-corrected chi connectivity index (χ4v) is 4.29. The minimum Gasteiger partial charge on any atom is -0.444 e. The van der Waals surface area contributed by atoms with Gasteiger partial charge in [0.05, 0.1) is 0 Å². The number of fused-ring (bicyclic) bond motifs is 2. The molecule has 4 nitrogen and oxygen atoms in total. The van der Waals surface area contributed by atoms with E-state index in [1.54, 1.807) is 6.07 Å². The first-order valence-electron chi connectivity index (χ1n) is 6.77. The van der Waals surface area contributed by atoms with Crippen LogP contribution in [0.25, 0.3) is 0 Å². The average Bonchev–Trinajstić information content (AvgIpc) is 3.03. The number of carbonyl (C=O) groups excluding carboxylic acids is 1. The van der Waals surface area contributed by atoms with E-state index in [4.69, 9.17) is 4.42 Å². The summed E-state index contributed by atoms with van der Waals surface area (Å²) in [6.07, 6.45) is 3.48. The van der Waals surface area contributed by atoms with E-state index >= 15 is 0 Å². The van der Waals surface area contributed by atoms with Crippen molar-refractivity contribution < 1.29 is 14.3 Å². The fourth-order valence-electron chi connectivity index (χ4n) is 3.78. The lowest BCUT2D eigenvalue weighted by molar-refractivity contribution is 0.0832.